The van der Waals surface area contributed by atoms with Crippen LogP contribution in [0.2, 0.25) is 0 Å². The van der Waals surface area contributed by atoms with Crippen molar-refractivity contribution in [3.05, 3.63) is 0 Å². The van der Waals surface area contributed by atoms with Gasteiger partial charge >= 0.3 is 59.1 Å². The summed E-state index contributed by atoms with van der Waals surface area (Å²) in [6.07, 6.45) is 16.7. The van der Waals surface area contributed by atoms with Crippen molar-refractivity contribution in [2.75, 3.05) is 0 Å². The maximum absolute atomic E-state index is 10.0. The van der Waals surface area contributed by atoms with Crippen LogP contribution in [0.15, 0.2) is 0 Å². The van der Waals surface area contributed by atoms with Crippen molar-refractivity contribution in [1.29, 1.82) is 0 Å². The minimum Gasteiger partial charge on any atom is -0.550 e. The summed E-state index contributed by atoms with van der Waals surface area (Å²) in [6, 6.07) is 0. The van der Waals surface area contributed by atoms with Crippen molar-refractivity contribution in [3.63, 3.8) is 0 Å². The standard InChI is InChI=1S/2C10H20O2.2Na/c2*1-2-3-4-5-6-7-8-9-10(11)12;;/h2*2-9H2,1H3,(H,11,12);;/q;;2*+1/p-2. The summed E-state index contributed by atoms with van der Waals surface area (Å²) < 4.78 is 0. The van der Waals surface area contributed by atoms with Crippen molar-refractivity contribution in [2.45, 2.75) is 117 Å². The van der Waals surface area contributed by atoms with Crippen LogP contribution in [0.1, 0.15) is 117 Å². The summed E-state index contributed by atoms with van der Waals surface area (Å²) in [6.45, 7) is 4.38. The maximum Gasteiger partial charge on any atom is 1.00 e. The molecule has 0 atom stereocenters. The Morgan fingerprint density at radius 2 is 0.731 bits per heavy atom. The molecule has 0 heterocycles. The maximum atomic E-state index is 10.0. The Labute approximate surface area is 205 Å². The zero-order valence-electron chi connectivity index (χ0n) is 17.9. The first kappa shape index (κ1) is 34.4. The minimum atomic E-state index is -0.913. The molecule has 0 aliphatic heterocycles. The third-order valence-electron chi connectivity index (χ3n) is 3.97. The Bertz CT molecular complexity index is 259. The van der Waals surface area contributed by atoms with Crippen LogP contribution in [0.3, 0.4) is 0 Å². The number of carbonyl (C=O) groups excluding carboxylic acids is 2. The van der Waals surface area contributed by atoms with Gasteiger partial charge in [-0.3, -0.25) is 0 Å². The number of rotatable bonds is 16. The quantitative estimate of drug-likeness (QED) is 0.221. The second kappa shape index (κ2) is 30.7. The van der Waals surface area contributed by atoms with Crippen LogP contribution in [0.25, 0.3) is 0 Å². The molecule has 6 heteroatoms. The summed E-state index contributed by atoms with van der Waals surface area (Å²) in [4.78, 5) is 20.0. The molecule has 0 aromatic carbocycles. The van der Waals surface area contributed by atoms with Gasteiger partial charge in [-0.15, -0.1) is 0 Å². The molecule has 0 bridgehead atoms. The van der Waals surface area contributed by atoms with Gasteiger partial charge in [0.2, 0.25) is 0 Å². The number of carbonyl (C=O) groups is 2. The van der Waals surface area contributed by atoms with Gasteiger partial charge in [-0.2, -0.15) is 0 Å². The molecule has 0 aromatic rings. The molecule has 0 aliphatic carbocycles. The van der Waals surface area contributed by atoms with E-state index in [1.165, 1.54) is 64.2 Å². The van der Waals surface area contributed by atoms with Gasteiger partial charge in [0, 0.05) is 11.9 Å². The SMILES string of the molecule is CCCCCCCCCC(=O)[O-].CCCCCCCCCC(=O)[O-].[Na+].[Na+]. The van der Waals surface area contributed by atoms with Crippen LogP contribution in [0.4, 0.5) is 0 Å². The van der Waals surface area contributed by atoms with Gasteiger partial charge in [0.05, 0.1) is 0 Å². The number of hydrogen-bond acceptors (Lipinski definition) is 4. The number of carboxylic acids is 2. The van der Waals surface area contributed by atoms with E-state index in [0.29, 0.717) is 0 Å². The monoisotopic (exact) mass is 388 g/mol. The molecular formula is C20H38Na2O4. The van der Waals surface area contributed by atoms with Crippen LogP contribution in [-0.4, -0.2) is 11.9 Å². The molecule has 0 saturated carbocycles. The van der Waals surface area contributed by atoms with Crippen molar-refractivity contribution in [3.8, 4) is 0 Å². The molecule has 0 saturated heterocycles. The van der Waals surface area contributed by atoms with Crippen molar-refractivity contribution in [1.82, 2.24) is 0 Å². The summed E-state index contributed by atoms with van der Waals surface area (Å²) in [5, 5.41) is 20.0. The van der Waals surface area contributed by atoms with Crippen molar-refractivity contribution < 1.29 is 78.9 Å². The average molecular weight is 389 g/mol. The second-order valence-corrected chi connectivity index (χ2v) is 6.49. The molecular weight excluding hydrogens is 350 g/mol. The van der Waals surface area contributed by atoms with Gasteiger partial charge < -0.3 is 19.8 Å². The van der Waals surface area contributed by atoms with E-state index >= 15 is 0 Å². The number of carboxylic acid groups (broad SMARTS) is 2. The van der Waals surface area contributed by atoms with Crippen LogP contribution in [0, 0.1) is 0 Å². The molecule has 0 amide bonds. The van der Waals surface area contributed by atoms with Crippen molar-refractivity contribution in [2.24, 2.45) is 0 Å². The molecule has 0 radical (unpaired) electrons. The minimum absolute atomic E-state index is 0. The van der Waals surface area contributed by atoms with Gasteiger partial charge in [0.1, 0.15) is 0 Å². The molecule has 0 aliphatic rings. The topological polar surface area (TPSA) is 80.3 Å². The van der Waals surface area contributed by atoms with Gasteiger partial charge in [-0.1, -0.05) is 90.9 Å². The molecule has 0 unspecified atom stereocenters. The molecule has 0 N–H and O–H groups in total. The predicted molar refractivity (Wildman–Crippen MR) is 95.2 cm³/mol. The van der Waals surface area contributed by atoms with E-state index in [4.69, 9.17) is 0 Å². The summed E-state index contributed by atoms with van der Waals surface area (Å²) >= 11 is 0. The number of aliphatic carboxylic acids is 2. The molecule has 0 fully saturated rings. The molecule has 0 spiro atoms. The van der Waals surface area contributed by atoms with E-state index in [9.17, 15) is 19.8 Å². The first-order valence-corrected chi connectivity index (χ1v) is 9.94. The summed E-state index contributed by atoms with van der Waals surface area (Å²) in [5.74, 6) is -1.83. The largest absolute Gasteiger partial charge is 1.00 e. The van der Waals surface area contributed by atoms with E-state index in [-0.39, 0.29) is 72.0 Å². The van der Waals surface area contributed by atoms with Gasteiger partial charge in [-0.05, 0) is 25.7 Å². The Balaban J connectivity index is -0.000000173. The van der Waals surface area contributed by atoms with Crippen molar-refractivity contribution >= 4 is 11.9 Å². The van der Waals surface area contributed by atoms with E-state index in [2.05, 4.69) is 13.8 Å². The average Bonchev–Trinajstić information content (AvgIpc) is 2.53. The third-order valence-corrected chi connectivity index (χ3v) is 3.97. The molecule has 0 rings (SSSR count). The zero-order chi connectivity index (χ0) is 18.5. The predicted octanol–water partition coefficient (Wildman–Crippen LogP) is -2.24. The zero-order valence-corrected chi connectivity index (χ0v) is 21.9. The fourth-order valence-electron chi connectivity index (χ4n) is 2.45. The molecule has 0 aromatic heterocycles. The van der Waals surface area contributed by atoms with Crippen LogP contribution < -0.4 is 69.3 Å². The van der Waals surface area contributed by atoms with E-state index in [1.54, 1.807) is 0 Å². The first-order valence-electron chi connectivity index (χ1n) is 9.94. The Hall–Kier alpha value is 0.940. The third kappa shape index (κ3) is 39.8. The Morgan fingerprint density at radius 3 is 0.962 bits per heavy atom. The van der Waals surface area contributed by atoms with E-state index < -0.39 is 11.9 Å². The van der Waals surface area contributed by atoms with Crippen LogP contribution >= 0.6 is 0 Å². The van der Waals surface area contributed by atoms with Gasteiger partial charge in [0.25, 0.3) is 0 Å². The Kier molecular flexibility index (Phi) is 40.6. The second-order valence-electron chi connectivity index (χ2n) is 6.49. The molecule has 26 heavy (non-hydrogen) atoms. The van der Waals surface area contributed by atoms with Gasteiger partial charge in [-0.25, -0.2) is 0 Å². The van der Waals surface area contributed by atoms with E-state index in [0.717, 1.165) is 25.7 Å². The summed E-state index contributed by atoms with van der Waals surface area (Å²) in [5.41, 5.74) is 0. The summed E-state index contributed by atoms with van der Waals surface area (Å²) in [7, 11) is 0. The van der Waals surface area contributed by atoms with E-state index in [1.807, 2.05) is 0 Å². The first-order chi connectivity index (χ1) is 11.5. The molecule has 4 nitrogen and oxygen atoms in total. The van der Waals surface area contributed by atoms with Crippen LogP contribution in [0.5, 0.6) is 0 Å². The normalized spacial score (nSPS) is 9.31. The number of unbranched alkanes of at least 4 members (excludes halogenated alkanes) is 12. The van der Waals surface area contributed by atoms with Gasteiger partial charge in [0.15, 0.2) is 0 Å². The number of hydrogen-bond donors (Lipinski definition) is 0. The Morgan fingerprint density at radius 1 is 0.500 bits per heavy atom. The van der Waals surface area contributed by atoms with Crippen LogP contribution in [-0.2, 0) is 9.59 Å². The molecule has 144 valence electrons. The fourth-order valence-corrected chi connectivity index (χ4v) is 2.45. The fraction of sp³-hybridized carbons (Fsp3) is 0.900. The smallest absolute Gasteiger partial charge is 0.550 e.